The first kappa shape index (κ1) is 11.8. The second kappa shape index (κ2) is 4.30. The monoisotopic (exact) mass is 255 g/mol. The Bertz CT molecular complexity index is 429. The molecule has 1 aromatic rings. The van der Waals surface area contributed by atoms with Crippen LogP contribution >= 0.6 is 24.2 Å². The van der Waals surface area contributed by atoms with Gasteiger partial charge in [-0.15, -0.1) is 12.6 Å². The summed E-state index contributed by atoms with van der Waals surface area (Å²) in [5.74, 6) is -0.117. The lowest BCUT2D eigenvalue weighted by molar-refractivity contribution is 0.0946. The third kappa shape index (κ3) is 2.71. The van der Waals surface area contributed by atoms with Crippen molar-refractivity contribution in [2.75, 3.05) is 6.54 Å². The van der Waals surface area contributed by atoms with Gasteiger partial charge in [0.25, 0.3) is 5.91 Å². The number of hydrogen-bond acceptors (Lipinski definition) is 2. The summed E-state index contributed by atoms with van der Waals surface area (Å²) in [7, 11) is 0. The van der Waals surface area contributed by atoms with Gasteiger partial charge in [0.2, 0.25) is 0 Å². The molecule has 1 aromatic carbocycles. The lowest BCUT2D eigenvalue weighted by Gasteiger charge is -2.11. The van der Waals surface area contributed by atoms with Crippen molar-refractivity contribution in [3.8, 4) is 0 Å². The Morgan fingerprint density at radius 2 is 2.25 bits per heavy atom. The molecule has 0 unspecified atom stereocenters. The molecule has 1 saturated carbocycles. The first-order valence-corrected chi connectivity index (χ1v) is 6.09. The third-order valence-corrected chi connectivity index (χ3v) is 3.58. The minimum Gasteiger partial charge on any atom is -0.351 e. The Balaban J connectivity index is 2.05. The van der Waals surface area contributed by atoms with Crippen LogP contribution in [0.3, 0.4) is 0 Å². The van der Waals surface area contributed by atoms with Crippen molar-refractivity contribution in [3.05, 3.63) is 28.8 Å². The number of benzene rings is 1. The van der Waals surface area contributed by atoms with Crippen LogP contribution in [-0.2, 0) is 0 Å². The van der Waals surface area contributed by atoms with Crippen LogP contribution < -0.4 is 5.32 Å². The van der Waals surface area contributed by atoms with Crippen molar-refractivity contribution in [2.45, 2.75) is 24.7 Å². The van der Waals surface area contributed by atoms with Gasteiger partial charge in [-0.1, -0.05) is 18.5 Å². The molecule has 1 aliphatic carbocycles. The Labute approximate surface area is 106 Å². The first-order valence-electron chi connectivity index (χ1n) is 5.27. The fraction of sp³-hybridized carbons (Fsp3) is 0.417. The van der Waals surface area contributed by atoms with Crippen LogP contribution in [0.4, 0.5) is 0 Å². The topological polar surface area (TPSA) is 29.1 Å². The summed E-state index contributed by atoms with van der Waals surface area (Å²) in [6.07, 6.45) is 2.38. The van der Waals surface area contributed by atoms with Crippen molar-refractivity contribution >= 4 is 30.1 Å². The van der Waals surface area contributed by atoms with Gasteiger partial charge >= 0.3 is 0 Å². The van der Waals surface area contributed by atoms with E-state index in [1.54, 1.807) is 18.2 Å². The summed E-state index contributed by atoms with van der Waals surface area (Å²) in [6, 6.07) is 5.15. The number of carbonyl (C=O) groups excluding carboxylic acids is 1. The van der Waals surface area contributed by atoms with E-state index >= 15 is 0 Å². The molecular formula is C12H14ClNOS. The number of thiol groups is 1. The normalized spacial score (nSPS) is 16.9. The zero-order chi connectivity index (χ0) is 11.8. The van der Waals surface area contributed by atoms with E-state index in [2.05, 4.69) is 24.9 Å². The summed E-state index contributed by atoms with van der Waals surface area (Å²) < 4.78 is 0. The summed E-state index contributed by atoms with van der Waals surface area (Å²) in [5.41, 5.74) is 0.805. The van der Waals surface area contributed by atoms with Gasteiger partial charge < -0.3 is 5.32 Å². The van der Waals surface area contributed by atoms with Gasteiger partial charge in [-0.25, -0.2) is 0 Å². The lowest BCUT2D eigenvalue weighted by Crippen LogP contribution is -2.29. The Hall–Kier alpha value is -0.670. The molecule has 0 radical (unpaired) electrons. The number of hydrogen-bond donors (Lipinski definition) is 2. The van der Waals surface area contributed by atoms with E-state index in [9.17, 15) is 4.79 Å². The molecule has 86 valence electrons. The maximum Gasteiger partial charge on any atom is 0.252 e. The minimum atomic E-state index is -0.117. The minimum absolute atomic E-state index is 0.117. The van der Waals surface area contributed by atoms with Gasteiger partial charge in [-0.2, -0.15) is 0 Å². The molecule has 2 rings (SSSR count). The van der Waals surface area contributed by atoms with Crippen LogP contribution in [0, 0.1) is 5.41 Å². The summed E-state index contributed by atoms with van der Waals surface area (Å²) >= 11 is 10.2. The summed E-state index contributed by atoms with van der Waals surface area (Å²) in [6.45, 7) is 2.89. The standard InChI is InChI=1S/C12H14ClNOS/c1-12(4-5-12)7-14-11(15)9-6-8(16)2-3-10(9)13/h2-3,6,16H,4-5,7H2,1H3,(H,14,15). The fourth-order valence-corrected chi connectivity index (χ4v) is 1.87. The van der Waals surface area contributed by atoms with E-state index in [0.29, 0.717) is 16.0 Å². The van der Waals surface area contributed by atoms with Gasteiger partial charge in [-0.3, -0.25) is 4.79 Å². The average molecular weight is 256 g/mol. The number of halogens is 1. The molecule has 1 fully saturated rings. The van der Waals surface area contributed by atoms with Crippen molar-refractivity contribution in [3.63, 3.8) is 0 Å². The second-order valence-electron chi connectivity index (χ2n) is 4.66. The van der Waals surface area contributed by atoms with E-state index < -0.39 is 0 Å². The highest BCUT2D eigenvalue weighted by atomic mass is 35.5. The Morgan fingerprint density at radius 3 is 2.88 bits per heavy atom. The molecule has 0 bridgehead atoms. The molecule has 1 aliphatic rings. The number of carbonyl (C=O) groups is 1. The Morgan fingerprint density at radius 1 is 1.56 bits per heavy atom. The molecule has 2 nitrogen and oxygen atoms in total. The van der Waals surface area contributed by atoms with E-state index in [1.165, 1.54) is 12.8 Å². The van der Waals surface area contributed by atoms with E-state index in [4.69, 9.17) is 11.6 Å². The van der Waals surface area contributed by atoms with Crippen LogP contribution in [0.1, 0.15) is 30.1 Å². The fourth-order valence-electron chi connectivity index (χ4n) is 1.47. The molecule has 4 heteroatoms. The number of nitrogens with one attached hydrogen (secondary N) is 1. The molecule has 0 atom stereocenters. The molecule has 1 N–H and O–H groups in total. The van der Waals surface area contributed by atoms with Crippen LogP contribution in [0.25, 0.3) is 0 Å². The highest BCUT2D eigenvalue weighted by Gasteiger charge is 2.37. The van der Waals surface area contributed by atoms with Gasteiger partial charge in [0.15, 0.2) is 0 Å². The van der Waals surface area contributed by atoms with Gasteiger partial charge in [0.1, 0.15) is 0 Å². The molecule has 0 spiro atoms. The predicted octanol–water partition coefficient (Wildman–Crippen LogP) is 3.16. The predicted molar refractivity (Wildman–Crippen MR) is 68.4 cm³/mol. The maximum absolute atomic E-state index is 11.9. The molecule has 1 amide bonds. The van der Waals surface area contributed by atoms with Gasteiger partial charge in [0.05, 0.1) is 10.6 Å². The third-order valence-electron chi connectivity index (χ3n) is 2.97. The van der Waals surface area contributed by atoms with Crippen molar-refractivity contribution in [1.29, 1.82) is 0 Å². The molecule has 16 heavy (non-hydrogen) atoms. The summed E-state index contributed by atoms with van der Waals surface area (Å²) in [4.78, 5) is 12.6. The number of amides is 1. The first-order chi connectivity index (χ1) is 7.50. The Kier molecular flexibility index (Phi) is 3.17. The van der Waals surface area contributed by atoms with Gasteiger partial charge in [-0.05, 0) is 36.5 Å². The van der Waals surface area contributed by atoms with Crippen molar-refractivity contribution < 1.29 is 4.79 Å². The SMILES string of the molecule is CC1(CNC(=O)c2cc(S)ccc2Cl)CC1. The molecular weight excluding hydrogens is 242 g/mol. The quantitative estimate of drug-likeness (QED) is 0.799. The highest BCUT2D eigenvalue weighted by Crippen LogP contribution is 2.44. The highest BCUT2D eigenvalue weighted by molar-refractivity contribution is 7.80. The molecule has 0 saturated heterocycles. The van der Waals surface area contributed by atoms with Crippen LogP contribution in [0.5, 0.6) is 0 Å². The zero-order valence-electron chi connectivity index (χ0n) is 9.09. The number of rotatable bonds is 3. The van der Waals surface area contributed by atoms with Crippen LogP contribution in [0.2, 0.25) is 5.02 Å². The zero-order valence-corrected chi connectivity index (χ0v) is 10.7. The molecule has 0 aliphatic heterocycles. The largest absolute Gasteiger partial charge is 0.351 e. The second-order valence-corrected chi connectivity index (χ2v) is 5.58. The van der Waals surface area contributed by atoms with Crippen LogP contribution in [-0.4, -0.2) is 12.5 Å². The average Bonchev–Trinajstić information content (AvgIpc) is 2.97. The lowest BCUT2D eigenvalue weighted by atomic mass is 10.1. The van der Waals surface area contributed by atoms with Crippen LogP contribution in [0.15, 0.2) is 23.1 Å². The van der Waals surface area contributed by atoms with Gasteiger partial charge in [0, 0.05) is 11.4 Å². The van der Waals surface area contributed by atoms with E-state index in [1.807, 2.05) is 0 Å². The van der Waals surface area contributed by atoms with Crippen molar-refractivity contribution in [2.24, 2.45) is 5.41 Å². The van der Waals surface area contributed by atoms with Crippen molar-refractivity contribution in [1.82, 2.24) is 5.32 Å². The smallest absolute Gasteiger partial charge is 0.252 e. The van der Waals surface area contributed by atoms with E-state index in [0.717, 1.165) is 11.4 Å². The summed E-state index contributed by atoms with van der Waals surface area (Å²) in [5, 5.41) is 3.38. The maximum atomic E-state index is 11.9. The molecule has 0 aromatic heterocycles. The molecule has 0 heterocycles. The van der Waals surface area contributed by atoms with E-state index in [-0.39, 0.29) is 5.91 Å².